The molecule has 5 rings (SSSR count). The van der Waals surface area contributed by atoms with Gasteiger partial charge in [0.25, 0.3) is 0 Å². The third kappa shape index (κ3) is 6.28. The number of amides is 2. The fraction of sp³-hybridized carbons (Fsp3) is 0.226. The molecule has 210 valence electrons. The molecule has 41 heavy (non-hydrogen) atoms. The van der Waals surface area contributed by atoms with E-state index in [0.717, 1.165) is 37.8 Å². The largest absolute Gasteiger partial charge is 0.493 e. The van der Waals surface area contributed by atoms with Crippen molar-refractivity contribution in [3.63, 3.8) is 0 Å². The van der Waals surface area contributed by atoms with Crippen molar-refractivity contribution in [2.75, 3.05) is 24.9 Å². The summed E-state index contributed by atoms with van der Waals surface area (Å²) in [7, 11) is 3.19. The van der Waals surface area contributed by atoms with Gasteiger partial charge in [0, 0.05) is 33.5 Å². The molecule has 0 fully saturated rings. The van der Waals surface area contributed by atoms with E-state index >= 15 is 0 Å². The smallest absolute Gasteiger partial charge is 0.324 e. The van der Waals surface area contributed by atoms with Gasteiger partial charge in [0.1, 0.15) is 17.2 Å². The van der Waals surface area contributed by atoms with Gasteiger partial charge in [-0.2, -0.15) is 5.10 Å². The molecule has 0 saturated heterocycles. The number of aryl methyl sites for hydroxylation is 1. The Morgan fingerprint density at radius 2 is 1.63 bits per heavy atom. The number of hydrogen-bond donors (Lipinski definition) is 2. The predicted octanol–water partition coefficient (Wildman–Crippen LogP) is 7.23. The maximum Gasteiger partial charge on any atom is 0.324 e. The van der Waals surface area contributed by atoms with Gasteiger partial charge in [-0.15, -0.1) is 0 Å². The maximum absolute atomic E-state index is 13.1. The summed E-state index contributed by atoms with van der Waals surface area (Å²) in [6.45, 7) is 8.31. The first kappa shape index (κ1) is 28.0. The summed E-state index contributed by atoms with van der Waals surface area (Å²) in [4.78, 5) is 22.9. The van der Waals surface area contributed by atoms with Crippen molar-refractivity contribution in [2.45, 2.75) is 43.0 Å². The van der Waals surface area contributed by atoms with Crippen LogP contribution in [-0.2, 0) is 5.41 Å². The standard InChI is InChI=1S/C31H32N6O3S/c1-19-10-12-21(13-11-19)37-28(17-27(36-37)31(2,3)4)35-30(38)34-20-8-7-9-22(14-20)41-29-23-15-25(39-5)26(40-6)16-24(23)32-18-33-29/h7-18H,1-6H3,(H2,34,35,38). The molecule has 2 N–H and O–H groups in total. The molecule has 5 aromatic rings. The molecule has 0 bridgehead atoms. The highest BCUT2D eigenvalue weighted by atomic mass is 32.2. The number of rotatable bonds is 7. The van der Waals surface area contributed by atoms with Gasteiger partial charge in [0.15, 0.2) is 11.5 Å². The van der Waals surface area contributed by atoms with Crippen LogP contribution in [0.1, 0.15) is 32.0 Å². The summed E-state index contributed by atoms with van der Waals surface area (Å²) < 4.78 is 12.6. The highest BCUT2D eigenvalue weighted by molar-refractivity contribution is 7.99. The minimum absolute atomic E-state index is 0.186. The molecule has 0 unspecified atom stereocenters. The summed E-state index contributed by atoms with van der Waals surface area (Å²) in [5, 5.41) is 12.3. The minimum atomic E-state index is -0.370. The fourth-order valence-corrected chi connectivity index (χ4v) is 5.12. The van der Waals surface area contributed by atoms with Crippen LogP contribution in [0, 0.1) is 6.92 Å². The van der Waals surface area contributed by atoms with E-state index in [1.165, 1.54) is 18.1 Å². The molecule has 0 aliphatic carbocycles. The van der Waals surface area contributed by atoms with Gasteiger partial charge in [-0.1, -0.05) is 56.3 Å². The molecule has 0 radical (unpaired) electrons. The lowest BCUT2D eigenvalue weighted by atomic mass is 9.92. The lowest BCUT2D eigenvalue weighted by molar-refractivity contribution is 0.262. The fourth-order valence-electron chi connectivity index (χ4n) is 4.19. The van der Waals surface area contributed by atoms with E-state index in [1.54, 1.807) is 18.9 Å². The lowest BCUT2D eigenvalue weighted by Gasteiger charge is -2.14. The Bertz CT molecular complexity index is 1710. The minimum Gasteiger partial charge on any atom is -0.493 e. The van der Waals surface area contributed by atoms with Gasteiger partial charge in [-0.05, 0) is 43.3 Å². The monoisotopic (exact) mass is 568 g/mol. The predicted molar refractivity (Wildman–Crippen MR) is 163 cm³/mol. The number of anilines is 2. The van der Waals surface area contributed by atoms with Crippen LogP contribution in [0.3, 0.4) is 0 Å². The van der Waals surface area contributed by atoms with Crippen molar-refractivity contribution in [3.8, 4) is 17.2 Å². The topological polar surface area (TPSA) is 103 Å². The number of nitrogens with zero attached hydrogens (tertiary/aromatic N) is 4. The Labute approximate surface area is 243 Å². The number of fused-ring (bicyclic) bond motifs is 1. The quantitative estimate of drug-likeness (QED) is 0.200. The Balaban J connectivity index is 1.36. The zero-order valence-electron chi connectivity index (χ0n) is 23.9. The van der Waals surface area contributed by atoms with Gasteiger partial charge in [-0.3, -0.25) is 5.32 Å². The van der Waals surface area contributed by atoms with Crippen molar-refractivity contribution in [1.29, 1.82) is 0 Å². The van der Waals surface area contributed by atoms with Crippen LogP contribution in [0.5, 0.6) is 11.5 Å². The number of hydrogen-bond acceptors (Lipinski definition) is 7. The summed E-state index contributed by atoms with van der Waals surface area (Å²) in [6, 6.07) is 20.8. The van der Waals surface area contributed by atoms with Crippen LogP contribution in [-0.4, -0.2) is 40.0 Å². The van der Waals surface area contributed by atoms with Crippen molar-refractivity contribution >= 4 is 40.2 Å². The van der Waals surface area contributed by atoms with Crippen LogP contribution in [0.25, 0.3) is 16.6 Å². The van der Waals surface area contributed by atoms with Crippen LogP contribution in [0.4, 0.5) is 16.3 Å². The molecule has 9 nitrogen and oxygen atoms in total. The average Bonchev–Trinajstić information content (AvgIpc) is 3.37. The molecule has 0 aliphatic heterocycles. The summed E-state index contributed by atoms with van der Waals surface area (Å²) in [6.07, 6.45) is 1.52. The number of urea groups is 1. The molecule has 0 aliphatic rings. The normalized spacial score (nSPS) is 11.4. The Kier molecular flexibility index (Phi) is 7.85. The van der Waals surface area contributed by atoms with Gasteiger partial charge < -0.3 is 14.8 Å². The highest BCUT2D eigenvalue weighted by Gasteiger charge is 2.22. The third-order valence-electron chi connectivity index (χ3n) is 6.41. The SMILES string of the molecule is COc1cc2ncnc(Sc3cccc(NC(=O)Nc4cc(C(C)(C)C)nn4-c4ccc(C)cc4)c3)c2cc1OC. The van der Waals surface area contributed by atoms with Crippen LogP contribution < -0.4 is 20.1 Å². The maximum atomic E-state index is 13.1. The zero-order valence-corrected chi connectivity index (χ0v) is 24.7. The molecule has 0 saturated carbocycles. The molecule has 10 heteroatoms. The van der Waals surface area contributed by atoms with Crippen LogP contribution >= 0.6 is 11.8 Å². The van der Waals surface area contributed by atoms with Crippen molar-refractivity contribution in [2.24, 2.45) is 0 Å². The van der Waals surface area contributed by atoms with Crippen molar-refractivity contribution in [1.82, 2.24) is 19.7 Å². The van der Waals surface area contributed by atoms with Crippen LogP contribution in [0.15, 0.2) is 83.0 Å². The summed E-state index contributed by atoms with van der Waals surface area (Å²) in [5.74, 6) is 1.78. The number of methoxy groups -OCH3 is 2. The van der Waals surface area contributed by atoms with E-state index in [9.17, 15) is 4.79 Å². The number of carbonyl (C=O) groups is 1. The second kappa shape index (κ2) is 11.5. The van der Waals surface area contributed by atoms with E-state index in [0.29, 0.717) is 23.0 Å². The number of nitrogens with one attached hydrogen (secondary N) is 2. The first-order valence-electron chi connectivity index (χ1n) is 13.0. The number of ether oxygens (including phenoxy) is 2. The number of benzene rings is 3. The van der Waals surface area contributed by atoms with Crippen molar-refractivity contribution in [3.05, 3.63) is 84.3 Å². The zero-order chi connectivity index (χ0) is 29.1. The molecular weight excluding hydrogens is 536 g/mol. The van der Waals surface area contributed by atoms with E-state index in [2.05, 4.69) is 41.4 Å². The third-order valence-corrected chi connectivity index (χ3v) is 7.42. The van der Waals surface area contributed by atoms with Gasteiger partial charge in [0.05, 0.1) is 31.1 Å². The van der Waals surface area contributed by atoms with Gasteiger partial charge >= 0.3 is 6.03 Å². The molecule has 3 aromatic carbocycles. The summed E-state index contributed by atoms with van der Waals surface area (Å²) >= 11 is 1.47. The second-order valence-corrected chi connectivity index (χ2v) is 11.6. The van der Waals surface area contributed by atoms with Crippen LogP contribution in [0.2, 0.25) is 0 Å². The molecule has 2 aromatic heterocycles. The first-order valence-corrected chi connectivity index (χ1v) is 13.9. The number of aromatic nitrogens is 4. The Morgan fingerprint density at radius 3 is 2.34 bits per heavy atom. The average molecular weight is 569 g/mol. The highest BCUT2D eigenvalue weighted by Crippen LogP contribution is 2.37. The van der Waals surface area contributed by atoms with E-state index in [-0.39, 0.29) is 11.4 Å². The summed E-state index contributed by atoms with van der Waals surface area (Å²) in [5.41, 5.74) is 4.09. The molecule has 2 heterocycles. The molecule has 0 spiro atoms. The Morgan fingerprint density at radius 1 is 0.902 bits per heavy atom. The van der Waals surface area contributed by atoms with E-state index in [4.69, 9.17) is 14.6 Å². The lowest BCUT2D eigenvalue weighted by Crippen LogP contribution is -2.21. The van der Waals surface area contributed by atoms with Crippen molar-refractivity contribution < 1.29 is 14.3 Å². The second-order valence-electron chi connectivity index (χ2n) is 10.5. The molecular formula is C31H32N6O3S. The van der Waals surface area contributed by atoms with E-state index in [1.807, 2.05) is 73.7 Å². The van der Waals surface area contributed by atoms with Gasteiger partial charge in [-0.25, -0.2) is 19.4 Å². The first-order chi connectivity index (χ1) is 19.6. The number of carbonyl (C=O) groups excluding carboxylic acids is 1. The van der Waals surface area contributed by atoms with E-state index < -0.39 is 0 Å². The molecule has 2 amide bonds. The van der Waals surface area contributed by atoms with Gasteiger partial charge in [0.2, 0.25) is 0 Å². The Hall–Kier alpha value is -4.57. The molecule has 0 atom stereocenters.